The summed E-state index contributed by atoms with van der Waals surface area (Å²) in [7, 11) is 0. The topological polar surface area (TPSA) is 43.9 Å². The average molecular weight is 357 g/mol. The summed E-state index contributed by atoms with van der Waals surface area (Å²) in [6.45, 7) is 5.51. The second kappa shape index (κ2) is 9.06. The molecule has 1 aromatic rings. The first-order valence-electron chi connectivity index (χ1n) is 10.1. The Morgan fingerprint density at radius 1 is 0.846 bits per heavy atom. The van der Waals surface area contributed by atoms with E-state index in [1.54, 1.807) is 4.90 Å². The Morgan fingerprint density at radius 2 is 1.38 bits per heavy atom. The monoisotopic (exact) mass is 357 g/mol. The van der Waals surface area contributed by atoms with Gasteiger partial charge in [-0.3, -0.25) is 9.59 Å². The van der Waals surface area contributed by atoms with Crippen LogP contribution in [0.15, 0.2) is 24.3 Å². The Bertz CT molecular complexity index is 600. The molecule has 0 saturated carbocycles. The summed E-state index contributed by atoms with van der Waals surface area (Å²) in [6, 6.07) is 8.10. The van der Waals surface area contributed by atoms with Crippen molar-refractivity contribution in [3.8, 4) is 0 Å². The highest BCUT2D eigenvalue weighted by atomic mass is 16.2. The lowest BCUT2D eigenvalue weighted by atomic mass is 10.1. The summed E-state index contributed by atoms with van der Waals surface area (Å²) in [5.41, 5.74) is 2.01. The standard InChI is InChI=1S/C21H31N3O2/c1-18(25)24(17-21(26)23-15-5-2-3-6-16-23)20-11-9-19(10-12-20)22-13-7-4-8-14-22/h9-12H,2-8,13-17H2,1H3. The van der Waals surface area contributed by atoms with Crippen LogP contribution in [0.25, 0.3) is 0 Å². The average Bonchev–Trinajstić information content (AvgIpc) is 2.96. The fourth-order valence-corrected chi connectivity index (χ4v) is 3.94. The molecule has 0 radical (unpaired) electrons. The summed E-state index contributed by atoms with van der Waals surface area (Å²) in [5.74, 6) is -0.0268. The highest BCUT2D eigenvalue weighted by Crippen LogP contribution is 2.24. The number of amides is 2. The minimum absolute atomic E-state index is 0.0576. The quantitative estimate of drug-likeness (QED) is 0.829. The number of nitrogens with zero attached hydrogens (tertiary/aromatic N) is 3. The molecule has 2 saturated heterocycles. The van der Waals surface area contributed by atoms with Crippen molar-refractivity contribution in [3.05, 3.63) is 24.3 Å². The van der Waals surface area contributed by atoms with Gasteiger partial charge in [0.25, 0.3) is 0 Å². The molecule has 0 bridgehead atoms. The van der Waals surface area contributed by atoms with Gasteiger partial charge in [-0.25, -0.2) is 0 Å². The maximum atomic E-state index is 12.7. The second-order valence-corrected chi connectivity index (χ2v) is 7.46. The van der Waals surface area contributed by atoms with E-state index in [0.717, 1.165) is 44.7 Å². The largest absolute Gasteiger partial charge is 0.372 e. The molecule has 2 amide bonds. The van der Waals surface area contributed by atoms with Crippen molar-refractivity contribution in [1.29, 1.82) is 0 Å². The Hall–Kier alpha value is -2.04. The van der Waals surface area contributed by atoms with E-state index in [4.69, 9.17) is 0 Å². The molecule has 5 nitrogen and oxygen atoms in total. The van der Waals surface area contributed by atoms with Crippen LogP contribution in [0, 0.1) is 0 Å². The number of rotatable bonds is 4. The van der Waals surface area contributed by atoms with Crippen molar-refractivity contribution >= 4 is 23.2 Å². The first kappa shape index (κ1) is 18.7. The van der Waals surface area contributed by atoms with E-state index >= 15 is 0 Å². The van der Waals surface area contributed by atoms with Crippen LogP contribution >= 0.6 is 0 Å². The van der Waals surface area contributed by atoms with Gasteiger partial charge < -0.3 is 14.7 Å². The zero-order valence-electron chi connectivity index (χ0n) is 16.0. The Labute approximate surface area is 156 Å². The van der Waals surface area contributed by atoms with Gasteiger partial charge in [0.2, 0.25) is 11.8 Å². The van der Waals surface area contributed by atoms with Gasteiger partial charge >= 0.3 is 0 Å². The number of carbonyl (C=O) groups is 2. The maximum Gasteiger partial charge on any atom is 0.242 e. The number of hydrogen-bond donors (Lipinski definition) is 0. The van der Waals surface area contributed by atoms with Crippen molar-refractivity contribution in [2.75, 3.05) is 42.5 Å². The molecule has 5 heteroatoms. The van der Waals surface area contributed by atoms with E-state index < -0.39 is 0 Å². The Kier molecular flexibility index (Phi) is 6.53. The lowest BCUT2D eigenvalue weighted by molar-refractivity contribution is -0.131. The molecule has 2 fully saturated rings. The summed E-state index contributed by atoms with van der Waals surface area (Å²) in [6.07, 6.45) is 8.31. The van der Waals surface area contributed by atoms with E-state index in [-0.39, 0.29) is 18.4 Å². The minimum atomic E-state index is -0.0844. The smallest absolute Gasteiger partial charge is 0.242 e. The number of piperidine rings is 1. The van der Waals surface area contributed by atoms with E-state index in [1.807, 2.05) is 17.0 Å². The highest BCUT2D eigenvalue weighted by Gasteiger charge is 2.21. The SMILES string of the molecule is CC(=O)N(CC(=O)N1CCCCCC1)c1ccc(N2CCCCC2)cc1. The minimum Gasteiger partial charge on any atom is -0.372 e. The summed E-state index contributed by atoms with van der Waals surface area (Å²) >= 11 is 0. The van der Waals surface area contributed by atoms with Crippen LogP contribution in [0.5, 0.6) is 0 Å². The fourth-order valence-electron chi connectivity index (χ4n) is 3.94. The van der Waals surface area contributed by atoms with Crippen LogP contribution in [0.4, 0.5) is 11.4 Å². The van der Waals surface area contributed by atoms with Crippen molar-refractivity contribution < 1.29 is 9.59 Å². The van der Waals surface area contributed by atoms with Gasteiger partial charge in [0.15, 0.2) is 0 Å². The zero-order valence-corrected chi connectivity index (χ0v) is 16.0. The third kappa shape index (κ3) is 4.77. The first-order valence-corrected chi connectivity index (χ1v) is 10.1. The van der Waals surface area contributed by atoms with Gasteiger partial charge in [-0.15, -0.1) is 0 Å². The number of anilines is 2. The van der Waals surface area contributed by atoms with Crippen LogP contribution in [0.3, 0.4) is 0 Å². The van der Waals surface area contributed by atoms with Gasteiger partial charge in [-0.05, 0) is 56.4 Å². The van der Waals surface area contributed by atoms with Crippen LogP contribution < -0.4 is 9.80 Å². The normalized spacial score (nSPS) is 18.3. The number of carbonyl (C=O) groups excluding carboxylic acids is 2. The Balaban J connectivity index is 1.66. The first-order chi connectivity index (χ1) is 12.6. The molecule has 3 rings (SSSR count). The van der Waals surface area contributed by atoms with E-state index in [9.17, 15) is 9.59 Å². The van der Waals surface area contributed by atoms with Gasteiger partial charge in [0.05, 0.1) is 0 Å². The molecular formula is C21H31N3O2. The van der Waals surface area contributed by atoms with Gasteiger partial charge in [0, 0.05) is 44.5 Å². The molecule has 2 aliphatic heterocycles. The predicted molar refractivity (Wildman–Crippen MR) is 106 cm³/mol. The van der Waals surface area contributed by atoms with Gasteiger partial charge in [-0.1, -0.05) is 12.8 Å². The van der Waals surface area contributed by atoms with Crippen molar-refractivity contribution in [3.63, 3.8) is 0 Å². The van der Waals surface area contributed by atoms with Crippen molar-refractivity contribution in [2.24, 2.45) is 0 Å². The molecule has 0 aliphatic carbocycles. The molecule has 142 valence electrons. The number of benzene rings is 1. The highest BCUT2D eigenvalue weighted by molar-refractivity contribution is 5.97. The maximum absolute atomic E-state index is 12.7. The van der Waals surface area contributed by atoms with Gasteiger partial charge in [-0.2, -0.15) is 0 Å². The molecule has 0 N–H and O–H groups in total. The molecule has 0 spiro atoms. The second-order valence-electron chi connectivity index (χ2n) is 7.46. The molecule has 0 atom stereocenters. The van der Waals surface area contributed by atoms with E-state index in [0.29, 0.717) is 0 Å². The van der Waals surface area contributed by atoms with Crippen LogP contribution in [0.1, 0.15) is 51.9 Å². The lowest BCUT2D eigenvalue weighted by Gasteiger charge is -2.30. The predicted octanol–water partition coefficient (Wildman–Crippen LogP) is 3.43. The number of likely N-dealkylation sites (tertiary alicyclic amines) is 1. The van der Waals surface area contributed by atoms with Crippen LogP contribution in [-0.4, -0.2) is 49.4 Å². The van der Waals surface area contributed by atoms with Crippen LogP contribution in [-0.2, 0) is 9.59 Å². The number of hydrogen-bond acceptors (Lipinski definition) is 3. The summed E-state index contributed by atoms with van der Waals surface area (Å²) < 4.78 is 0. The van der Waals surface area contributed by atoms with Crippen LogP contribution in [0.2, 0.25) is 0 Å². The Morgan fingerprint density at radius 3 is 1.96 bits per heavy atom. The third-order valence-corrected chi connectivity index (χ3v) is 5.51. The summed E-state index contributed by atoms with van der Waals surface area (Å²) in [4.78, 5) is 30.8. The zero-order chi connectivity index (χ0) is 18.4. The van der Waals surface area contributed by atoms with Crippen molar-refractivity contribution in [1.82, 2.24) is 4.90 Å². The van der Waals surface area contributed by atoms with E-state index in [2.05, 4.69) is 17.0 Å². The van der Waals surface area contributed by atoms with E-state index in [1.165, 1.54) is 44.7 Å². The molecule has 2 heterocycles. The van der Waals surface area contributed by atoms with Gasteiger partial charge in [0.1, 0.15) is 6.54 Å². The third-order valence-electron chi connectivity index (χ3n) is 5.51. The molecule has 2 aliphatic rings. The molecule has 0 unspecified atom stereocenters. The molecule has 0 aromatic heterocycles. The molecule has 1 aromatic carbocycles. The molecular weight excluding hydrogens is 326 g/mol. The van der Waals surface area contributed by atoms with Crippen molar-refractivity contribution in [2.45, 2.75) is 51.9 Å². The summed E-state index contributed by atoms with van der Waals surface area (Å²) in [5, 5.41) is 0. The lowest BCUT2D eigenvalue weighted by Crippen LogP contribution is -2.42. The molecule has 26 heavy (non-hydrogen) atoms. The fraction of sp³-hybridized carbons (Fsp3) is 0.619.